The molecule has 1 atom stereocenters. The molecule has 1 aromatic heterocycles. The van der Waals surface area contributed by atoms with Crippen molar-refractivity contribution in [1.82, 2.24) is 9.97 Å². The van der Waals surface area contributed by atoms with Crippen LogP contribution in [0.25, 0.3) is 0 Å². The number of carbonyl (C=O) groups excluding carboxylic acids is 1. The van der Waals surface area contributed by atoms with Gasteiger partial charge in [0.05, 0.1) is 6.61 Å². The molecular formula is C15H19ClN4O3. The third-order valence-corrected chi connectivity index (χ3v) is 2.89. The van der Waals surface area contributed by atoms with E-state index < -0.39 is 6.04 Å². The average molecular weight is 339 g/mol. The van der Waals surface area contributed by atoms with Crippen LogP contribution in [0.15, 0.2) is 36.7 Å². The van der Waals surface area contributed by atoms with Gasteiger partial charge in [-0.1, -0.05) is 0 Å². The summed E-state index contributed by atoms with van der Waals surface area (Å²) in [6.45, 7) is 2.02. The van der Waals surface area contributed by atoms with Gasteiger partial charge in [0.1, 0.15) is 11.8 Å². The largest absolute Gasteiger partial charge is 0.424 e. The summed E-state index contributed by atoms with van der Waals surface area (Å²) in [5, 5.41) is 2.76. The third kappa shape index (κ3) is 5.48. The molecule has 0 aliphatic carbocycles. The fraction of sp³-hybridized carbons (Fsp3) is 0.267. The van der Waals surface area contributed by atoms with Gasteiger partial charge in [-0.25, -0.2) is 9.97 Å². The number of rotatable bonds is 6. The topological polar surface area (TPSA) is 99.4 Å². The first-order valence-corrected chi connectivity index (χ1v) is 6.71. The number of carbonyl (C=O) groups is 1. The molecule has 3 N–H and O–H groups in total. The predicted octanol–water partition coefficient (Wildman–Crippen LogP) is 1.91. The highest BCUT2D eigenvalue weighted by Gasteiger charge is 2.14. The van der Waals surface area contributed by atoms with Crippen molar-refractivity contribution in [3.05, 3.63) is 42.2 Å². The lowest BCUT2D eigenvalue weighted by molar-refractivity contribution is -0.118. The third-order valence-electron chi connectivity index (χ3n) is 2.89. The second kappa shape index (κ2) is 9.04. The van der Waals surface area contributed by atoms with Gasteiger partial charge in [0.25, 0.3) is 0 Å². The molecule has 0 aliphatic heterocycles. The Morgan fingerprint density at radius 2 is 2.04 bits per heavy atom. The maximum Gasteiger partial charge on any atom is 0.321 e. The number of nitrogens with one attached hydrogen (secondary N) is 1. The highest BCUT2D eigenvalue weighted by Crippen LogP contribution is 2.24. The lowest BCUT2D eigenvalue weighted by atomic mass is 10.2. The van der Waals surface area contributed by atoms with E-state index in [0.29, 0.717) is 11.4 Å². The van der Waals surface area contributed by atoms with Crippen LogP contribution in [0.5, 0.6) is 11.8 Å². The number of anilines is 1. The van der Waals surface area contributed by atoms with Gasteiger partial charge in [0.15, 0.2) is 0 Å². The molecule has 0 radical (unpaired) electrons. The maximum absolute atomic E-state index is 11.9. The van der Waals surface area contributed by atoms with Crippen LogP contribution in [0.3, 0.4) is 0 Å². The Labute approximate surface area is 140 Å². The first-order chi connectivity index (χ1) is 10.6. The fourth-order valence-corrected chi connectivity index (χ4v) is 1.76. The van der Waals surface area contributed by atoms with E-state index in [-0.39, 0.29) is 30.9 Å². The number of ether oxygens (including phenoxy) is 2. The van der Waals surface area contributed by atoms with E-state index in [9.17, 15) is 4.79 Å². The molecule has 0 fully saturated rings. The number of aromatic nitrogens is 2. The minimum absolute atomic E-state index is 0. The summed E-state index contributed by atoms with van der Waals surface area (Å²) in [5.74, 6) is 0.285. The molecule has 1 aromatic carbocycles. The number of nitrogens with zero attached hydrogens (tertiary/aromatic N) is 2. The summed E-state index contributed by atoms with van der Waals surface area (Å²) >= 11 is 0. The van der Waals surface area contributed by atoms with E-state index in [4.69, 9.17) is 15.2 Å². The van der Waals surface area contributed by atoms with Crippen molar-refractivity contribution in [3.8, 4) is 11.8 Å². The fourth-order valence-electron chi connectivity index (χ4n) is 1.76. The molecule has 2 rings (SSSR count). The Hall–Kier alpha value is -2.22. The predicted molar refractivity (Wildman–Crippen MR) is 89.0 cm³/mol. The number of nitrogens with two attached hydrogens (primary N) is 1. The standard InChI is InChI=1S/C15H18N4O3.ClH/c1-10-8-11(22-15-17-6-3-7-18-15)4-5-13(10)19-14(20)12(16)9-21-2;/h3-8,12H,9,16H2,1-2H3,(H,19,20);1H. The van der Waals surface area contributed by atoms with Crippen LogP contribution in [0.4, 0.5) is 5.69 Å². The van der Waals surface area contributed by atoms with Crippen LogP contribution in [0.2, 0.25) is 0 Å². The maximum atomic E-state index is 11.9. The van der Waals surface area contributed by atoms with Crippen LogP contribution in [-0.4, -0.2) is 35.6 Å². The number of hydrogen-bond acceptors (Lipinski definition) is 6. The molecule has 23 heavy (non-hydrogen) atoms. The molecule has 1 amide bonds. The van der Waals surface area contributed by atoms with Crippen LogP contribution in [0.1, 0.15) is 5.56 Å². The Morgan fingerprint density at radius 1 is 1.35 bits per heavy atom. The summed E-state index contributed by atoms with van der Waals surface area (Å²) < 4.78 is 10.4. The van der Waals surface area contributed by atoms with E-state index in [2.05, 4.69) is 15.3 Å². The van der Waals surface area contributed by atoms with Crippen molar-refractivity contribution >= 4 is 24.0 Å². The minimum atomic E-state index is -0.710. The minimum Gasteiger partial charge on any atom is -0.424 e. The van der Waals surface area contributed by atoms with Crippen molar-refractivity contribution < 1.29 is 14.3 Å². The Morgan fingerprint density at radius 3 is 2.65 bits per heavy atom. The molecule has 7 nitrogen and oxygen atoms in total. The van der Waals surface area contributed by atoms with Gasteiger partial charge >= 0.3 is 6.01 Å². The Bertz CT molecular complexity index is 640. The lowest BCUT2D eigenvalue weighted by Crippen LogP contribution is -2.39. The molecule has 124 valence electrons. The molecule has 8 heteroatoms. The van der Waals surface area contributed by atoms with Gasteiger partial charge in [0, 0.05) is 25.2 Å². The first-order valence-electron chi connectivity index (χ1n) is 6.71. The highest BCUT2D eigenvalue weighted by atomic mass is 35.5. The van der Waals surface area contributed by atoms with Crippen molar-refractivity contribution in [1.29, 1.82) is 0 Å². The van der Waals surface area contributed by atoms with Gasteiger partial charge < -0.3 is 20.5 Å². The Kier molecular flexibility index (Phi) is 7.40. The van der Waals surface area contributed by atoms with Gasteiger partial charge in [0.2, 0.25) is 5.91 Å². The molecule has 1 heterocycles. The summed E-state index contributed by atoms with van der Waals surface area (Å²) in [6.07, 6.45) is 3.20. The van der Waals surface area contributed by atoms with Crippen molar-refractivity contribution in [2.75, 3.05) is 19.0 Å². The number of benzene rings is 1. The molecule has 0 saturated carbocycles. The molecule has 0 bridgehead atoms. The van der Waals surface area contributed by atoms with Crippen LogP contribution in [-0.2, 0) is 9.53 Å². The molecule has 1 unspecified atom stereocenters. The zero-order valence-electron chi connectivity index (χ0n) is 12.9. The second-order valence-electron chi connectivity index (χ2n) is 4.66. The van der Waals surface area contributed by atoms with Crippen LogP contribution >= 0.6 is 12.4 Å². The second-order valence-corrected chi connectivity index (χ2v) is 4.66. The number of hydrogen-bond donors (Lipinski definition) is 2. The van der Waals surface area contributed by atoms with Crippen LogP contribution in [0, 0.1) is 6.92 Å². The van der Waals surface area contributed by atoms with E-state index in [1.54, 1.807) is 36.7 Å². The van der Waals surface area contributed by atoms with Crippen LogP contribution < -0.4 is 15.8 Å². The SMILES string of the molecule is COCC(N)C(=O)Nc1ccc(Oc2ncccn2)cc1C.Cl. The number of methoxy groups -OCH3 is 1. The summed E-state index contributed by atoms with van der Waals surface area (Å²) in [4.78, 5) is 19.8. The molecule has 2 aromatic rings. The number of aryl methyl sites for hydroxylation is 1. The zero-order chi connectivity index (χ0) is 15.9. The highest BCUT2D eigenvalue weighted by molar-refractivity contribution is 5.95. The summed E-state index contributed by atoms with van der Waals surface area (Å²) in [6, 6.07) is 6.51. The smallest absolute Gasteiger partial charge is 0.321 e. The van der Waals surface area contributed by atoms with Gasteiger partial charge in [-0.3, -0.25) is 4.79 Å². The van der Waals surface area contributed by atoms with Gasteiger partial charge in [-0.05, 0) is 36.8 Å². The quantitative estimate of drug-likeness (QED) is 0.834. The summed E-state index contributed by atoms with van der Waals surface area (Å²) in [5.41, 5.74) is 7.18. The molecule has 0 spiro atoms. The van der Waals surface area contributed by atoms with Crippen molar-refractivity contribution in [2.45, 2.75) is 13.0 Å². The zero-order valence-corrected chi connectivity index (χ0v) is 13.7. The number of amides is 1. The van der Waals surface area contributed by atoms with E-state index >= 15 is 0 Å². The van der Waals surface area contributed by atoms with Gasteiger partial charge in [-0.15, -0.1) is 12.4 Å². The lowest BCUT2D eigenvalue weighted by Gasteiger charge is -2.13. The monoisotopic (exact) mass is 338 g/mol. The average Bonchev–Trinajstić information content (AvgIpc) is 2.51. The van der Waals surface area contributed by atoms with E-state index in [1.807, 2.05) is 6.92 Å². The molecule has 0 aliphatic rings. The Balaban J connectivity index is 0.00000264. The number of halogens is 1. The first kappa shape index (κ1) is 18.8. The normalized spacial score (nSPS) is 11.3. The molecule has 0 saturated heterocycles. The van der Waals surface area contributed by atoms with E-state index in [0.717, 1.165) is 5.56 Å². The molecular weight excluding hydrogens is 320 g/mol. The van der Waals surface area contributed by atoms with Crippen molar-refractivity contribution in [3.63, 3.8) is 0 Å². The summed E-state index contributed by atoms with van der Waals surface area (Å²) in [7, 11) is 1.50. The van der Waals surface area contributed by atoms with E-state index in [1.165, 1.54) is 7.11 Å². The van der Waals surface area contributed by atoms with Crippen molar-refractivity contribution in [2.24, 2.45) is 5.73 Å². The van der Waals surface area contributed by atoms with Gasteiger partial charge in [-0.2, -0.15) is 0 Å².